The Bertz CT molecular complexity index is 359. The third kappa shape index (κ3) is 4.35. The van der Waals surface area contributed by atoms with Crippen LogP contribution in [0.4, 0.5) is 4.79 Å². The zero-order valence-electron chi connectivity index (χ0n) is 13.0. The molecule has 2 rings (SSSR count). The number of carbonyl (C=O) groups is 2. The molecule has 0 bridgehead atoms. The second-order valence-corrected chi connectivity index (χ2v) is 6.41. The molecule has 5 heteroatoms. The molecule has 5 nitrogen and oxygen atoms in total. The summed E-state index contributed by atoms with van der Waals surface area (Å²) in [6.45, 7) is 2.79. The first-order chi connectivity index (χ1) is 10.1. The summed E-state index contributed by atoms with van der Waals surface area (Å²) < 4.78 is 0. The van der Waals surface area contributed by atoms with Gasteiger partial charge in [0.15, 0.2) is 0 Å². The Hall–Kier alpha value is -1.26. The summed E-state index contributed by atoms with van der Waals surface area (Å²) in [5.41, 5.74) is 0. The van der Waals surface area contributed by atoms with Crippen LogP contribution in [0.1, 0.15) is 64.7 Å². The zero-order valence-corrected chi connectivity index (χ0v) is 13.0. The summed E-state index contributed by atoms with van der Waals surface area (Å²) in [6.07, 6.45) is 8.88. The second-order valence-electron chi connectivity index (χ2n) is 6.41. The highest BCUT2D eigenvalue weighted by molar-refractivity contribution is 5.75. The quantitative estimate of drug-likeness (QED) is 0.838. The minimum atomic E-state index is -0.697. The van der Waals surface area contributed by atoms with Gasteiger partial charge in [-0.05, 0) is 45.4 Å². The zero-order chi connectivity index (χ0) is 15.2. The molecule has 0 aromatic rings. The number of nitrogens with zero attached hydrogens (tertiary/aromatic N) is 1. The second kappa shape index (κ2) is 7.66. The van der Waals surface area contributed by atoms with Gasteiger partial charge in [-0.2, -0.15) is 0 Å². The molecule has 2 fully saturated rings. The van der Waals surface area contributed by atoms with Crippen molar-refractivity contribution in [2.24, 2.45) is 5.92 Å². The van der Waals surface area contributed by atoms with Crippen LogP contribution >= 0.6 is 0 Å². The largest absolute Gasteiger partial charge is 0.481 e. The highest BCUT2D eigenvalue weighted by Gasteiger charge is 2.29. The van der Waals surface area contributed by atoms with Gasteiger partial charge in [-0.3, -0.25) is 4.79 Å². The summed E-state index contributed by atoms with van der Waals surface area (Å²) in [5.74, 6) is -0.920. The molecule has 0 aromatic carbocycles. The Morgan fingerprint density at radius 3 is 2.19 bits per heavy atom. The fraction of sp³-hybridized carbons (Fsp3) is 0.875. The highest BCUT2D eigenvalue weighted by atomic mass is 16.4. The van der Waals surface area contributed by atoms with E-state index >= 15 is 0 Å². The third-order valence-corrected chi connectivity index (χ3v) is 5.02. The molecular formula is C16H28N2O3. The smallest absolute Gasteiger partial charge is 0.317 e. The molecule has 0 unspecified atom stereocenters. The van der Waals surface area contributed by atoms with E-state index in [2.05, 4.69) is 5.32 Å². The van der Waals surface area contributed by atoms with Crippen molar-refractivity contribution in [3.8, 4) is 0 Å². The van der Waals surface area contributed by atoms with E-state index in [-0.39, 0.29) is 18.0 Å². The lowest BCUT2D eigenvalue weighted by molar-refractivity contribution is -0.142. The van der Waals surface area contributed by atoms with Gasteiger partial charge in [-0.1, -0.05) is 19.3 Å². The number of hydrogen-bond donors (Lipinski definition) is 2. The topological polar surface area (TPSA) is 69.6 Å². The van der Waals surface area contributed by atoms with Crippen LogP contribution in [0.3, 0.4) is 0 Å². The third-order valence-electron chi connectivity index (χ3n) is 5.02. The average Bonchev–Trinajstić information content (AvgIpc) is 2.49. The van der Waals surface area contributed by atoms with Gasteiger partial charge >= 0.3 is 12.0 Å². The molecule has 2 amide bonds. The summed E-state index contributed by atoms with van der Waals surface area (Å²) in [4.78, 5) is 25.4. The van der Waals surface area contributed by atoms with Gasteiger partial charge in [0.25, 0.3) is 0 Å². The van der Waals surface area contributed by atoms with E-state index in [1.807, 2.05) is 11.8 Å². The Kier molecular flexibility index (Phi) is 5.88. The normalized spacial score (nSPS) is 27.1. The van der Waals surface area contributed by atoms with Gasteiger partial charge < -0.3 is 15.3 Å². The van der Waals surface area contributed by atoms with Crippen molar-refractivity contribution in [2.45, 2.75) is 76.8 Å². The molecule has 0 aliphatic heterocycles. The van der Waals surface area contributed by atoms with Gasteiger partial charge in [-0.25, -0.2) is 4.79 Å². The lowest BCUT2D eigenvalue weighted by Gasteiger charge is -2.35. The summed E-state index contributed by atoms with van der Waals surface area (Å²) in [7, 11) is 0. The molecule has 0 radical (unpaired) electrons. The molecule has 0 saturated heterocycles. The van der Waals surface area contributed by atoms with E-state index in [1.165, 1.54) is 19.3 Å². The molecule has 2 N–H and O–H groups in total. The van der Waals surface area contributed by atoms with E-state index in [0.717, 1.165) is 32.2 Å². The van der Waals surface area contributed by atoms with E-state index in [1.54, 1.807) is 0 Å². The van der Waals surface area contributed by atoms with Gasteiger partial charge in [-0.15, -0.1) is 0 Å². The molecule has 2 saturated carbocycles. The molecule has 0 atom stereocenters. The highest BCUT2D eigenvalue weighted by Crippen LogP contribution is 2.26. The number of aliphatic carboxylic acids is 1. The van der Waals surface area contributed by atoms with E-state index in [4.69, 9.17) is 5.11 Å². The van der Waals surface area contributed by atoms with Crippen LogP contribution in [-0.2, 0) is 4.79 Å². The van der Waals surface area contributed by atoms with Crippen molar-refractivity contribution >= 4 is 12.0 Å². The minimum Gasteiger partial charge on any atom is -0.481 e. The molecule has 0 spiro atoms. The van der Waals surface area contributed by atoms with Crippen molar-refractivity contribution in [2.75, 3.05) is 6.54 Å². The van der Waals surface area contributed by atoms with Crippen molar-refractivity contribution in [1.29, 1.82) is 0 Å². The fourth-order valence-electron chi connectivity index (χ4n) is 3.70. The lowest BCUT2D eigenvalue weighted by atomic mass is 9.86. The van der Waals surface area contributed by atoms with Crippen LogP contribution in [0.5, 0.6) is 0 Å². The Morgan fingerprint density at radius 2 is 1.67 bits per heavy atom. The van der Waals surface area contributed by atoms with Crippen LogP contribution in [-0.4, -0.2) is 40.6 Å². The monoisotopic (exact) mass is 296 g/mol. The number of nitrogens with one attached hydrogen (secondary N) is 1. The van der Waals surface area contributed by atoms with Crippen LogP contribution < -0.4 is 5.32 Å². The first kappa shape index (κ1) is 16.1. The predicted molar refractivity (Wildman–Crippen MR) is 81.2 cm³/mol. The number of hydrogen-bond acceptors (Lipinski definition) is 2. The van der Waals surface area contributed by atoms with E-state index in [0.29, 0.717) is 18.9 Å². The van der Waals surface area contributed by atoms with Crippen LogP contribution in [0, 0.1) is 5.92 Å². The Morgan fingerprint density at radius 1 is 1.05 bits per heavy atom. The minimum absolute atomic E-state index is 0.0446. The number of amides is 2. The summed E-state index contributed by atoms with van der Waals surface area (Å²) >= 11 is 0. The fourth-order valence-corrected chi connectivity index (χ4v) is 3.70. The van der Waals surface area contributed by atoms with Crippen LogP contribution in [0.25, 0.3) is 0 Å². The lowest BCUT2D eigenvalue weighted by Crippen LogP contribution is -2.50. The van der Waals surface area contributed by atoms with Crippen molar-refractivity contribution in [3.05, 3.63) is 0 Å². The van der Waals surface area contributed by atoms with Gasteiger partial charge in [0.1, 0.15) is 0 Å². The van der Waals surface area contributed by atoms with Crippen molar-refractivity contribution < 1.29 is 14.7 Å². The van der Waals surface area contributed by atoms with E-state index in [9.17, 15) is 9.59 Å². The number of carbonyl (C=O) groups excluding carboxylic acids is 1. The molecule has 2 aliphatic carbocycles. The number of carboxylic acid groups (broad SMARTS) is 1. The predicted octanol–water partition coefficient (Wildman–Crippen LogP) is 2.99. The van der Waals surface area contributed by atoms with Gasteiger partial charge in [0.2, 0.25) is 0 Å². The first-order valence-corrected chi connectivity index (χ1v) is 8.41. The Balaban J connectivity index is 1.81. The van der Waals surface area contributed by atoms with Crippen LogP contribution in [0.15, 0.2) is 0 Å². The average molecular weight is 296 g/mol. The maximum Gasteiger partial charge on any atom is 0.317 e. The van der Waals surface area contributed by atoms with Crippen LogP contribution in [0.2, 0.25) is 0 Å². The molecule has 0 aromatic heterocycles. The Labute approximate surface area is 127 Å². The number of urea groups is 1. The van der Waals surface area contributed by atoms with Crippen molar-refractivity contribution in [1.82, 2.24) is 10.2 Å². The first-order valence-electron chi connectivity index (χ1n) is 8.41. The molecule has 21 heavy (non-hydrogen) atoms. The number of carboxylic acids is 1. The standard InChI is InChI=1S/C16H28N2O3/c1-2-18(14-6-4-3-5-7-14)16(21)17-13-10-8-12(9-11-13)15(19)20/h12-14H,2-11H2,1H3,(H,17,21)(H,19,20). The van der Waals surface area contributed by atoms with Gasteiger partial charge in [0, 0.05) is 18.6 Å². The van der Waals surface area contributed by atoms with E-state index < -0.39 is 5.97 Å². The molecule has 2 aliphatic rings. The maximum atomic E-state index is 12.5. The molecule has 120 valence electrons. The summed E-state index contributed by atoms with van der Waals surface area (Å²) in [5, 5.41) is 12.1. The SMILES string of the molecule is CCN(C(=O)NC1CCC(C(=O)O)CC1)C1CCCCC1. The van der Waals surface area contributed by atoms with Crippen molar-refractivity contribution in [3.63, 3.8) is 0 Å². The molecular weight excluding hydrogens is 268 g/mol. The molecule has 0 heterocycles. The van der Waals surface area contributed by atoms with Gasteiger partial charge in [0.05, 0.1) is 5.92 Å². The number of rotatable bonds is 4. The summed E-state index contributed by atoms with van der Waals surface area (Å²) in [6, 6.07) is 0.577. The maximum absolute atomic E-state index is 12.5.